The first kappa shape index (κ1) is 17.2. The number of rotatable bonds is 2. The average Bonchev–Trinajstić information content (AvgIpc) is 2.95. The van der Waals surface area contributed by atoms with Crippen molar-refractivity contribution >= 4 is 21.4 Å². The summed E-state index contributed by atoms with van der Waals surface area (Å²) in [6.45, 7) is 3.72. The number of piperazine rings is 1. The van der Waals surface area contributed by atoms with Crippen molar-refractivity contribution in [3.63, 3.8) is 0 Å². The maximum atomic E-state index is 13.1. The zero-order valence-electron chi connectivity index (χ0n) is 14.4. The molecule has 0 aromatic carbocycles. The zero-order chi connectivity index (χ0) is 18.5. The van der Waals surface area contributed by atoms with Crippen molar-refractivity contribution < 1.29 is 13.2 Å². The van der Waals surface area contributed by atoms with Crippen LogP contribution in [0.15, 0.2) is 35.4 Å². The summed E-state index contributed by atoms with van der Waals surface area (Å²) in [5.74, 6) is -0.435. The summed E-state index contributed by atoms with van der Waals surface area (Å²) in [5.41, 5.74) is 0.00351. The summed E-state index contributed by atoms with van der Waals surface area (Å²) in [7, 11) is -3.20. The minimum atomic E-state index is -3.20. The lowest BCUT2D eigenvalue weighted by Gasteiger charge is -2.43. The molecule has 4 rings (SSSR count). The summed E-state index contributed by atoms with van der Waals surface area (Å²) < 4.78 is 25.7. The van der Waals surface area contributed by atoms with Crippen LogP contribution in [-0.4, -0.2) is 76.7 Å². The number of sulfone groups is 1. The van der Waals surface area contributed by atoms with Crippen molar-refractivity contribution in [3.05, 3.63) is 46.5 Å². The van der Waals surface area contributed by atoms with Crippen LogP contribution in [0.4, 0.5) is 0 Å². The van der Waals surface area contributed by atoms with E-state index in [9.17, 15) is 18.0 Å². The van der Waals surface area contributed by atoms with Gasteiger partial charge in [0.2, 0.25) is 0 Å². The molecule has 0 radical (unpaired) electrons. The van der Waals surface area contributed by atoms with Gasteiger partial charge in [0.1, 0.15) is 11.2 Å². The van der Waals surface area contributed by atoms with Gasteiger partial charge in [-0.25, -0.2) is 13.4 Å². The molecule has 8 nitrogen and oxygen atoms in total. The van der Waals surface area contributed by atoms with E-state index in [0.29, 0.717) is 18.7 Å². The molecule has 0 spiro atoms. The summed E-state index contributed by atoms with van der Waals surface area (Å²) in [6.07, 6.45) is 2.87. The summed E-state index contributed by atoms with van der Waals surface area (Å²) in [4.78, 5) is 33.6. The van der Waals surface area contributed by atoms with E-state index in [-0.39, 0.29) is 23.1 Å². The normalized spacial score (nSPS) is 25.3. The summed E-state index contributed by atoms with van der Waals surface area (Å²) in [6, 6.07) is 4.52. The lowest BCUT2D eigenvalue weighted by molar-refractivity contribution is 0.0347. The third-order valence-electron chi connectivity index (χ3n) is 5.30. The second-order valence-electron chi connectivity index (χ2n) is 6.74. The van der Waals surface area contributed by atoms with Crippen molar-refractivity contribution in [2.24, 2.45) is 0 Å². The van der Waals surface area contributed by atoms with Crippen molar-refractivity contribution in [2.75, 3.05) is 31.1 Å². The Hall–Kier alpha value is -2.26. The lowest BCUT2D eigenvalue weighted by atomic mass is 10.0. The number of amides is 1. The molecule has 2 aromatic heterocycles. The van der Waals surface area contributed by atoms with Crippen LogP contribution in [0.1, 0.15) is 17.3 Å². The van der Waals surface area contributed by atoms with Crippen molar-refractivity contribution in [3.8, 4) is 0 Å². The maximum absolute atomic E-state index is 13.1. The monoisotopic (exact) mass is 376 g/mol. The number of hydrogen-bond acceptors (Lipinski definition) is 6. The van der Waals surface area contributed by atoms with Gasteiger partial charge in [-0.15, -0.1) is 0 Å². The van der Waals surface area contributed by atoms with Gasteiger partial charge in [0.25, 0.3) is 11.5 Å². The number of pyridine rings is 1. The molecule has 2 saturated heterocycles. The summed E-state index contributed by atoms with van der Waals surface area (Å²) in [5, 5.41) is 0. The fraction of sp³-hybridized carbons (Fsp3) is 0.471. The topological polar surface area (TPSA) is 92.1 Å². The second-order valence-corrected chi connectivity index (χ2v) is 8.90. The van der Waals surface area contributed by atoms with Gasteiger partial charge in [-0.05, 0) is 18.7 Å². The predicted molar refractivity (Wildman–Crippen MR) is 96.0 cm³/mol. The Morgan fingerprint density at radius 1 is 1.23 bits per heavy atom. The largest absolute Gasteiger partial charge is 0.332 e. The first-order chi connectivity index (χ1) is 12.4. The van der Waals surface area contributed by atoms with Crippen molar-refractivity contribution in [2.45, 2.75) is 19.0 Å². The van der Waals surface area contributed by atoms with Crippen molar-refractivity contribution in [1.82, 2.24) is 19.2 Å². The molecule has 0 N–H and O–H groups in total. The van der Waals surface area contributed by atoms with Crippen LogP contribution in [0.2, 0.25) is 0 Å². The van der Waals surface area contributed by atoms with Crippen LogP contribution in [0, 0.1) is 0 Å². The number of aromatic nitrogens is 2. The molecule has 0 saturated carbocycles. The Labute approximate surface area is 151 Å². The minimum absolute atomic E-state index is 0.0262. The van der Waals surface area contributed by atoms with E-state index in [1.807, 2.05) is 6.92 Å². The van der Waals surface area contributed by atoms with Gasteiger partial charge in [0, 0.05) is 31.5 Å². The Morgan fingerprint density at radius 2 is 2.00 bits per heavy atom. The highest BCUT2D eigenvalue weighted by Gasteiger charge is 2.47. The van der Waals surface area contributed by atoms with E-state index in [1.54, 1.807) is 29.3 Å². The second kappa shape index (κ2) is 6.17. The molecular formula is C17H20N4O4S. The highest BCUT2D eigenvalue weighted by molar-refractivity contribution is 7.91. The molecule has 2 aliphatic heterocycles. The van der Waals surface area contributed by atoms with E-state index in [2.05, 4.69) is 9.88 Å². The van der Waals surface area contributed by atoms with Crippen LogP contribution in [-0.2, 0) is 9.84 Å². The molecule has 0 aliphatic carbocycles. The predicted octanol–water partition coefficient (Wildman–Crippen LogP) is -0.362. The van der Waals surface area contributed by atoms with Gasteiger partial charge in [-0.2, -0.15) is 0 Å². The molecule has 2 aromatic rings. The SMILES string of the molecule is CCN1CCN(C(=O)c2cnc3ccccn3c2=O)C2CS(=O)(=O)CC21. The van der Waals surface area contributed by atoms with Crippen molar-refractivity contribution in [1.29, 1.82) is 0 Å². The Kier molecular flexibility index (Phi) is 4.07. The highest BCUT2D eigenvalue weighted by Crippen LogP contribution is 2.27. The highest BCUT2D eigenvalue weighted by atomic mass is 32.2. The Morgan fingerprint density at radius 3 is 2.77 bits per heavy atom. The third-order valence-corrected chi connectivity index (χ3v) is 7.00. The quantitative estimate of drug-likeness (QED) is 0.711. The molecule has 2 unspecified atom stereocenters. The molecule has 2 aliphatic rings. The summed E-state index contributed by atoms with van der Waals surface area (Å²) >= 11 is 0. The van der Waals surface area contributed by atoms with E-state index in [4.69, 9.17) is 0 Å². The van der Waals surface area contributed by atoms with E-state index < -0.39 is 27.3 Å². The van der Waals surface area contributed by atoms with E-state index >= 15 is 0 Å². The molecule has 1 amide bonds. The van der Waals surface area contributed by atoms with E-state index in [0.717, 1.165) is 6.54 Å². The third kappa shape index (κ3) is 2.71. The van der Waals surface area contributed by atoms with Crippen LogP contribution in [0.3, 0.4) is 0 Å². The molecule has 0 bridgehead atoms. The average molecular weight is 376 g/mol. The maximum Gasteiger partial charge on any atom is 0.270 e. The number of carbonyl (C=O) groups is 1. The van der Waals surface area contributed by atoms with Gasteiger partial charge >= 0.3 is 0 Å². The number of nitrogens with zero attached hydrogens (tertiary/aromatic N) is 4. The Bertz CT molecular complexity index is 1030. The standard InChI is InChI=1S/C17H20N4O4S/c1-2-19-7-8-20(14-11-26(24,25)10-13(14)19)16(22)12-9-18-15-5-3-4-6-21(15)17(12)23/h3-6,9,13-14H,2,7-8,10-11H2,1H3. The zero-order valence-corrected chi connectivity index (χ0v) is 15.2. The lowest BCUT2D eigenvalue weighted by Crippen LogP contribution is -2.60. The molecule has 9 heteroatoms. The first-order valence-corrected chi connectivity index (χ1v) is 10.5. The Balaban J connectivity index is 1.72. The van der Waals surface area contributed by atoms with E-state index in [1.165, 1.54) is 10.6 Å². The molecular weight excluding hydrogens is 356 g/mol. The van der Waals surface area contributed by atoms with Gasteiger partial charge in [0.05, 0.1) is 17.5 Å². The van der Waals surface area contributed by atoms with Crippen LogP contribution in [0.5, 0.6) is 0 Å². The van der Waals surface area contributed by atoms with Gasteiger partial charge in [-0.3, -0.25) is 18.9 Å². The molecule has 2 fully saturated rings. The number of hydrogen-bond donors (Lipinski definition) is 0. The van der Waals surface area contributed by atoms with Crippen LogP contribution < -0.4 is 5.56 Å². The van der Waals surface area contributed by atoms with Crippen LogP contribution >= 0.6 is 0 Å². The molecule has 4 heterocycles. The molecule has 2 atom stereocenters. The number of carbonyl (C=O) groups excluding carboxylic acids is 1. The number of likely N-dealkylation sites (N-methyl/N-ethyl adjacent to an activating group) is 1. The van der Waals surface area contributed by atoms with Gasteiger partial charge < -0.3 is 4.90 Å². The fourth-order valence-electron chi connectivity index (χ4n) is 4.00. The molecule has 26 heavy (non-hydrogen) atoms. The fourth-order valence-corrected chi connectivity index (χ4v) is 6.01. The first-order valence-electron chi connectivity index (χ1n) is 8.63. The number of fused-ring (bicyclic) bond motifs is 2. The van der Waals surface area contributed by atoms with Gasteiger partial charge in [-0.1, -0.05) is 13.0 Å². The smallest absolute Gasteiger partial charge is 0.270 e. The van der Waals surface area contributed by atoms with Crippen LogP contribution in [0.25, 0.3) is 5.65 Å². The van der Waals surface area contributed by atoms with Gasteiger partial charge in [0.15, 0.2) is 9.84 Å². The minimum Gasteiger partial charge on any atom is -0.332 e. The molecule has 138 valence electrons.